The molecule has 1 rings (SSSR count). The monoisotopic (exact) mass is 258 g/mol. The molecule has 0 unspecified atom stereocenters. The fourth-order valence-electron chi connectivity index (χ4n) is 1.90. The molecule has 0 aliphatic heterocycles. The first-order valence-electron chi connectivity index (χ1n) is 6.52. The molecule has 1 aromatic carbocycles. The van der Waals surface area contributed by atoms with Gasteiger partial charge in [-0.1, -0.05) is 32.9 Å². The van der Waals surface area contributed by atoms with Gasteiger partial charge in [-0.25, -0.2) is 0 Å². The second-order valence-electron chi connectivity index (χ2n) is 5.86. The molecule has 3 nitrogen and oxygen atoms in total. The minimum atomic E-state index is -0.0179. The number of hydrogen-bond acceptors (Lipinski definition) is 2. The van der Waals surface area contributed by atoms with Crippen LogP contribution in [0.25, 0.3) is 0 Å². The molecule has 0 saturated heterocycles. The first-order chi connectivity index (χ1) is 8.77. The van der Waals surface area contributed by atoms with Gasteiger partial charge < -0.3 is 4.90 Å². The third-order valence-electron chi connectivity index (χ3n) is 3.26. The van der Waals surface area contributed by atoms with Crippen molar-refractivity contribution in [1.82, 2.24) is 0 Å². The molecule has 0 radical (unpaired) electrons. The summed E-state index contributed by atoms with van der Waals surface area (Å²) in [4.78, 5) is 13.6. The van der Waals surface area contributed by atoms with Crippen molar-refractivity contribution in [3.63, 3.8) is 0 Å². The molecule has 0 bridgehead atoms. The first kappa shape index (κ1) is 15.2. The molecule has 102 valence electrons. The van der Waals surface area contributed by atoms with Gasteiger partial charge in [0.15, 0.2) is 0 Å². The lowest BCUT2D eigenvalue weighted by molar-refractivity contribution is -0.118. The summed E-state index contributed by atoms with van der Waals surface area (Å²) in [5.74, 6) is -0.0179. The van der Waals surface area contributed by atoms with Crippen LogP contribution in [0, 0.1) is 18.3 Å². The maximum Gasteiger partial charge on any atom is 0.227 e. The second kappa shape index (κ2) is 5.88. The Bertz CT molecular complexity index is 506. The Hall–Kier alpha value is -1.82. The van der Waals surface area contributed by atoms with Gasteiger partial charge in [-0.3, -0.25) is 4.79 Å². The standard InChI is InChI=1S/C16H22N2O/c1-12-8-9-13(16(2,3)4)11-14(12)18(5)15(19)7-6-10-17/h8-9,11H,6-7H2,1-5H3. The fraction of sp³-hybridized carbons (Fsp3) is 0.500. The summed E-state index contributed by atoms with van der Waals surface area (Å²) in [5.41, 5.74) is 3.25. The molecule has 19 heavy (non-hydrogen) atoms. The molecule has 3 heteroatoms. The van der Waals surface area contributed by atoms with Gasteiger partial charge in [0.2, 0.25) is 5.91 Å². The van der Waals surface area contributed by atoms with Gasteiger partial charge in [0.1, 0.15) is 0 Å². The van der Waals surface area contributed by atoms with Crippen molar-refractivity contribution in [2.75, 3.05) is 11.9 Å². The van der Waals surface area contributed by atoms with Gasteiger partial charge in [0.25, 0.3) is 0 Å². The maximum atomic E-state index is 12.0. The highest BCUT2D eigenvalue weighted by Crippen LogP contribution is 2.28. The average Bonchev–Trinajstić information content (AvgIpc) is 2.34. The van der Waals surface area contributed by atoms with E-state index in [-0.39, 0.29) is 24.2 Å². The van der Waals surface area contributed by atoms with Crippen LogP contribution in [0.4, 0.5) is 5.69 Å². The Morgan fingerprint density at radius 3 is 2.53 bits per heavy atom. The number of hydrogen-bond donors (Lipinski definition) is 0. The van der Waals surface area contributed by atoms with Crippen molar-refractivity contribution in [3.8, 4) is 6.07 Å². The topological polar surface area (TPSA) is 44.1 Å². The van der Waals surface area contributed by atoms with Crippen LogP contribution in [0.1, 0.15) is 44.7 Å². The van der Waals surface area contributed by atoms with E-state index in [9.17, 15) is 4.79 Å². The van der Waals surface area contributed by atoms with Crippen LogP contribution in [0.3, 0.4) is 0 Å². The van der Waals surface area contributed by atoms with Gasteiger partial charge in [-0.2, -0.15) is 5.26 Å². The van der Waals surface area contributed by atoms with Crippen LogP contribution in [0.2, 0.25) is 0 Å². The molecular weight excluding hydrogens is 236 g/mol. The minimum absolute atomic E-state index is 0.0179. The second-order valence-corrected chi connectivity index (χ2v) is 5.86. The molecule has 1 amide bonds. The minimum Gasteiger partial charge on any atom is -0.315 e. The van der Waals surface area contributed by atoms with Gasteiger partial charge in [0, 0.05) is 25.6 Å². The van der Waals surface area contributed by atoms with E-state index in [4.69, 9.17) is 5.26 Å². The molecule has 0 heterocycles. The normalized spacial score (nSPS) is 10.9. The van der Waals surface area contributed by atoms with E-state index in [0.717, 1.165) is 11.3 Å². The number of amides is 1. The number of nitriles is 1. The fourth-order valence-corrected chi connectivity index (χ4v) is 1.90. The van der Waals surface area contributed by atoms with Crippen molar-refractivity contribution in [3.05, 3.63) is 29.3 Å². The number of carbonyl (C=O) groups is 1. The van der Waals surface area contributed by atoms with E-state index in [1.54, 1.807) is 11.9 Å². The van der Waals surface area contributed by atoms with Crippen LogP contribution in [-0.2, 0) is 10.2 Å². The molecule has 0 aliphatic carbocycles. The van der Waals surface area contributed by atoms with E-state index in [1.807, 2.05) is 19.1 Å². The highest BCUT2D eigenvalue weighted by Gasteiger charge is 2.18. The number of aryl methyl sites for hydroxylation is 1. The third-order valence-corrected chi connectivity index (χ3v) is 3.26. The van der Waals surface area contributed by atoms with Crippen LogP contribution >= 0.6 is 0 Å². The Labute approximate surface area is 115 Å². The summed E-state index contributed by atoms with van der Waals surface area (Å²) in [5, 5.41) is 8.55. The zero-order chi connectivity index (χ0) is 14.6. The molecule has 0 N–H and O–H groups in total. The predicted octanol–water partition coefficient (Wildman–Crippen LogP) is 3.56. The Morgan fingerprint density at radius 2 is 2.00 bits per heavy atom. The van der Waals surface area contributed by atoms with Gasteiger partial charge in [0.05, 0.1) is 6.07 Å². The quantitative estimate of drug-likeness (QED) is 0.832. The average molecular weight is 258 g/mol. The van der Waals surface area contributed by atoms with E-state index in [1.165, 1.54) is 5.56 Å². The zero-order valence-corrected chi connectivity index (χ0v) is 12.4. The maximum absolute atomic E-state index is 12.0. The molecule has 0 spiro atoms. The number of anilines is 1. The molecule has 0 aromatic heterocycles. The third kappa shape index (κ3) is 3.82. The van der Waals surface area contributed by atoms with Crippen molar-refractivity contribution in [2.24, 2.45) is 0 Å². The van der Waals surface area contributed by atoms with Gasteiger partial charge in [-0.05, 0) is 29.5 Å². The van der Waals surface area contributed by atoms with Crippen molar-refractivity contribution in [2.45, 2.75) is 46.0 Å². The van der Waals surface area contributed by atoms with Crippen LogP contribution in [0.5, 0.6) is 0 Å². The Kier molecular flexibility index (Phi) is 4.72. The molecule has 0 fully saturated rings. The number of carbonyl (C=O) groups excluding carboxylic acids is 1. The van der Waals surface area contributed by atoms with E-state index < -0.39 is 0 Å². The Balaban J connectivity index is 3.06. The highest BCUT2D eigenvalue weighted by atomic mass is 16.2. The van der Waals surface area contributed by atoms with Gasteiger partial charge in [-0.15, -0.1) is 0 Å². The molecular formula is C16H22N2O. The number of nitrogens with zero attached hydrogens (tertiary/aromatic N) is 2. The van der Waals surface area contributed by atoms with Crippen molar-refractivity contribution >= 4 is 11.6 Å². The summed E-state index contributed by atoms with van der Waals surface area (Å²) in [6.07, 6.45) is 0.535. The largest absolute Gasteiger partial charge is 0.315 e. The summed E-state index contributed by atoms with van der Waals surface area (Å²) in [7, 11) is 1.77. The van der Waals surface area contributed by atoms with E-state index >= 15 is 0 Å². The predicted molar refractivity (Wildman–Crippen MR) is 78.1 cm³/mol. The molecule has 0 aliphatic rings. The Morgan fingerprint density at radius 1 is 1.37 bits per heavy atom. The van der Waals surface area contributed by atoms with Gasteiger partial charge >= 0.3 is 0 Å². The molecule has 0 saturated carbocycles. The smallest absolute Gasteiger partial charge is 0.227 e. The lowest BCUT2D eigenvalue weighted by Crippen LogP contribution is -2.27. The van der Waals surface area contributed by atoms with Crippen molar-refractivity contribution in [1.29, 1.82) is 5.26 Å². The van der Waals surface area contributed by atoms with Crippen LogP contribution in [-0.4, -0.2) is 13.0 Å². The lowest BCUT2D eigenvalue weighted by atomic mass is 9.86. The van der Waals surface area contributed by atoms with Crippen molar-refractivity contribution < 1.29 is 4.79 Å². The summed E-state index contributed by atoms with van der Waals surface area (Å²) >= 11 is 0. The number of benzene rings is 1. The molecule has 1 aromatic rings. The zero-order valence-electron chi connectivity index (χ0n) is 12.4. The van der Waals surface area contributed by atoms with Crippen LogP contribution in [0.15, 0.2) is 18.2 Å². The highest BCUT2D eigenvalue weighted by molar-refractivity contribution is 5.93. The summed E-state index contributed by atoms with van der Waals surface area (Å²) in [6, 6.07) is 8.23. The summed E-state index contributed by atoms with van der Waals surface area (Å²) < 4.78 is 0. The SMILES string of the molecule is Cc1ccc(C(C)(C)C)cc1N(C)C(=O)CCC#N. The first-order valence-corrected chi connectivity index (χ1v) is 6.52. The van der Waals surface area contributed by atoms with Crippen LogP contribution < -0.4 is 4.90 Å². The van der Waals surface area contributed by atoms with E-state index in [2.05, 4.69) is 32.9 Å². The van der Waals surface area contributed by atoms with E-state index in [0.29, 0.717) is 0 Å². The summed E-state index contributed by atoms with van der Waals surface area (Å²) in [6.45, 7) is 8.45. The number of rotatable bonds is 3. The lowest BCUT2D eigenvalue weighted by Gasteiger charge is -2.24. The molecule has 0 atom stereocenters.